The highest BCUT2D eigenvalue weighted by atomic mass is 79.9. The van der Waals surface area contributed by atoms with Crippen molar-refractivity contribution < 1.29 is 0 Å². The van der Waals surface area contributed by atoms with E-state index in [1.165, 1.54) is 5.56 Å². The van der Waals surface area contributed by atoms with E-state index >= 15 is 0 Å². The van der Waals surface area contributed by atoms with E-state index in [1.807, 2.05) is 30.6 Å². The molecule has 2 N–H and O–H groups in total. The second-order valence-electron chi connectivity index (χ2n) is 4.94. The van der Waals surface area contributed by atoms with E-state index < -0.39 is 0 Å². The molecular weight excluding hydrogens is 312 g/mol. The quantitative estimate of drug-likeness (QED) is 0.760. The van der Waals surface area contributed by atoms with Crippen molar-refractivity contribution in [3.8, 4) is 0 Å². The maximum atomic E-state index is 6.45. The second-order valence-corrected chi connectivity index (χ2v) is 5.79. The number of fused-ring (bicyclic) bond motifs is 1. The molecule has 100 valence electrons. The minimum atomic E-state index is -0.166. The van der Waals surface area contributed by atoms with Crippen LogP contribution in [0.5, 0.6) is 0 Å². The summed E-state index contributed by atoms with van der Waals surface area (Å²) in [6, 6.07) is 14.3. The number of halogens is 1. The molecule has 1 heterocycles. The summed E-state index contributed by atoms with van der Waals surface area (Å²) >= 11 is 3.52. The van der Waals surface area contributed by atoms with Gasteiger partial charge in [-0.2, -0.15) is 0 Å². The summed E-state index contributed by atoms with van der Waals surface area (Å²) in [5.41, 5.74) is 9.79. The van der Waals surface area contributed by atoms with Gasteiger partial charge in [-0.3, -0.25) is 4.98 Å². The third-order valence-electron chi connectivity index (χ3n) is 3.58. The van der Waals surface area contributed by atoms with Crippen LogP contribution in [0.1, 0.15) is 22.7 Å². The van der Waals surface area contributed by atoms with Gasteiger partial charge in [-0.05, 0) is 35.1 Å². The number of hydrogen-bond donors (Lipinski definition) is 1. The molecule has 0 bridgehead atoms. The van der Waals surface area contributed by atoms with Gasteiger partial charge in [-0.1, -0.05) is 52.3 Å². The minimum Gasteiger partial charge on any atom is -0.320 e. The number of nitrogens with two attached hydrogens (primary N) is 1. The van der Waals surface area contributed by atoms with Crippen LogP contribution < -0.4 is 5.73 Å². The third-order valence-corrected chi connectivity index (χ3v) is 4.46. The van der Waals surface area contributed by atoms with Crippen LogP contribution in [0.25, 0.3) is 10.8 Å². The van der Waals surface area contributed by atoms with Gasteiger partial charge in [-0.15, -0.1) is 0 Å². The van der Waals surface area contributed by atoms with Gasteiger partial charge in [0.2, 0.25) is 0 Å². The van der Waals surface area contributed by atoms with E-state index in [0.29, 0.717) is 0 Å². The van der Waals surface area contributed by atoms with Crippen molar-refractivity contribution >= 4 is 26.7 Å². The Kier molecular flexibility index (Phi) is 3.55. The molecule has 3 aromatic rings. The van der Waals surface area contributed by atoms with Gasteiger partial charge < -0.3 is 5.73 Å². The topological polar surface area (TPSA) is 38.9 Å². The molecular formula is C17H15BrN2. The Morgan fingerprint density at radius 2 is 1.90 bits per heavy atom. The number of aromatic nitrogens is 1. The zero-order chi connectivity index (χ0) is 14.1. The van der Waals surface area contributed by atoms with Crippen molar-refractivity contribution in [2.75, 3.05) is 0 Å². The first kappa shape index (κ1) is 13.3. The lowest BCUT2D eigenvalue weighted by Crippen LogP contribution is -2.12. The molecule has 0 aliphatic rings. The zero-order valence-electron chi connectivity index (χ0n) is 11.2. The molecule has 0 aliphatic carbocycles. The molecule has 0 amide bonds. The molecule has 0 saturated heterocycles. The van der Waals surface area contributed by atoms with Crippen LogP contribution in [0.4, 0.5) is 0 Å². The Bertz CT molecular complexity index is 763. The molecule has 0 fully saturated rings. The molecule has 1 unspecified atom stereocenters. The molecule has 0 radical (unpaired) electrons. The van der Waals surface area contributed by atoms with Gasteiger partial charge in [0.05, 0.1) is 6.04 Å². The average Bonchev–Trinajstić information content (AvgIpc) is 2.49. The number of aryl methyl sites for hydroxylation is 1. The third kappa shape index (κ3) is 2.35. The lowest BCUT2D eigenvalue weighted by Gasteiger charge is -2.15. The van der Waals surface area contributed by atoms with Gasteiger partial charge in [-0.25, -0.2) is 0 Å². The van der Waals surface area contributed by atoms with Crippen LogP contribution in [-0.4, -0.2) is 4.98 Å². The average molecular weight is 327 g/mol. The van der Waals surface area contributed by atoms with E-state index in [0.717, 1.165) is 26.4 Å². The van der Waals surface area contributed by atoms with Crippen molar-refractivity contribution in [3.05, 3.63) is 76.0 Å². The lowest BCUT2D eigenvalue weighted by molar-refractivity contribution is 0.871. The molecule has 3 heteroatoms. The lowest BCUT2D eigenvalue weighted by atomic mass is 9.95. The predicted octanol–water partition coefficient (Wildman–Crippen LogP) is 4.35. The summed E-state index contributed by atoms with van der Waals surface area (Å²) in [6.45, 7) is 2.07. The Morgan fingerprint density at radius 1 is 1.10 bits per heavy atom. The highest BCUT2D eigenvalue weighted by Gasteiger charge is 2.13. The number of benzene rings is 2. The Labute approximate surface area is 126 Å². The van der Waals surface area contributed by atoms with Crippen molar-refractivity contribution in [1.82, 2.24) is 4.98 Å². The van der Waals surface area contributed by atoms with Gasteiger partial charge in [0.25, 0.3) is 0 Å². The fourth-order valence-corrected chi connectivity index (χ4v) is 2.68. The summed E-state index contributed by atoms with van der Waals surface area (Å²) in [5.74, 6) is 0. The monoisotopic (exact) mass is 326 g/mol. The van der Waals surface area contributed by atoms with Gasteiger partial charge in [0.1, 0.15) is 0 Å². The van der Waals surface area contributed by atoms with Crippen molar-refractivity contribution in [3.63, 3.8) is 0 Å². The van der Waals surface area contributed by atoms with Crippen LogP contribution in [0.15, 0.2) is 59.3 Å². The van der Waals surface area contributed by atoms with E-state index in [4.69, 9.17) is 5.73 Å². The molecule has 0 aliphatic heterocycles. The highest BCUT2D eigenvalue weighted by Crippen LogP contribution is 2.28. The summed E-state index contributed by atoms with van der Waals surface area (Å²) in [5, 5.41) is 2.28. The first-order valence-corrected chi connectivity index (χ1v) is 7.30. The first-order valence-electron chi connectivity index (χ1n) is 6.51. The minimum absolute atomic E-state index is 0.166. The van der Waals surface area contributed by atoms with E-state index in [1.54, 1.807) is 0 Å². The fourth-order valence-electron chi connectivity index (χ4n) is 2.43. The summed E-state index contributed by atoms with van der Waals surface area (Å²) in [6.07, 6.45) is 3.74. The van der Waals surface area contributed by atoms with E-state index in [2.05, 4.69) is 52.1 Å². The van der Waals surface area contributed by atoms with E-state index in [-0.39, 0.29) is 6.04 Å². The summed E-state index contributed by atoms with van der Waals surface area (Å²) in [4.78, 5) is 4.31. The summed E-state index contributed by atoms with van der Waals surface area (Å²) in [7, 11) is 0. The molecule has 1 atom stereocenters. The normalized spacial score (nSPS) is 12.6. The molecule has 20 heavy (non-hydrogen) atoms. The van der Waals surface area contributed by atoms with Gasteiger partial charge in [0.15, 0.2) is 0 Å². The Balaban J connectivity index is 2.12. The molecule has 0 saturated carbocycles. The molecule has 1 aromatic heterocycles. The first-order chi connectivity index (χ1) is 9.66. The molecule has 0 spiro atoms. The Hall–Kier alpha value is -1.71. The van der Waals surface area contributed by atoms with Crippen molar-refractivity contribution in [1.29, 1.82) is 0 Å². The highest BCUT2D eigenvalue weighted by molar-refractivity contribution is 9.10. The van der Waals surface area contributed by atoms with Crippen LogP contribution >= 0.6 is 15.9 Å². The number of hydrogen-bond acceptors (Lipinski definition) is 2. The van der Waals surface area contributed by atoms with Crippen molar-refractivity contribution in [2.45, 2.75) is 13.0 Å². The van der Waals surface area contributed by atoms with Crippen LogP contribution in [0, 0.1) is 6.92 Å². The number of nitrogens with zero attached hydrogens (tertiary/aromatic N) is 1. The summed E-state index contributed by atoms with van der Waals surface area (Å²) < 4.78 is 1.10. The molecule has 3 rings (SSSR count). The number of rotatable bonds is 2. The van der Waals surface area contributed by atoms with Crippen LogP contribution in [0.2, 0.25) is 0 Å². The predicted molar refractivity (Wildman–Crippen MR) is 86.7 cm³/mol. The Morgan fingerprint density at radius 3 is 2.70 bits per heavy atom. The standard InChI is InChI=1S/C17H15BrN2/c1-11-8-12(6-7-16(11)18)17(19)15-10-20-9-13-4-2-3-5-14(13)15/h2-10,17H,19H2,1H3. The smallest absolute Gasteiger partial charge is 0.0573 e. The maximum Gasteiger partial charge on any atom is 0.0573 e. The second kappa shape index (κ2) is 5.35. The largest absolute Gasteiger partial charge is 0.320 e. The SMILES string of the molecule is Cc1cc(C(N)c2cncc3ccccc23)ccc1Br. The zero-order valence-corrected chi connectivity index (χ0v) is 12.8. The van der Waals surface area contributed by atoms with Gasteiger partial charge in [0, 0.05) is 22.3 Å². The maximum absolute atomic E-state index is 6.45. The fraction of sp³-hybridized carbons (Fsp3) is 0.118. The molecule has 2 nitrogen and oxygen atoms in total. The van der Waals surface area contributed by atoms with Crippen LogP contribution in [-0.2, 0) is 0 Å². The van der Waals surface area contributed by atoms with Crippen LogP contribution in [0.3, 0.4) is 0 Å². The van der Waals surface area contributed by atoms with Crippen molar-refractivity contribution in [2.24, 2.45) is 5.73 Å². The van der Waals surface area contributed by atoms with E-state index in [9.17, 15) is 0 Å². The number of pyridine rings is 1. The van der Waals surface area contributed by atoms with Gasteiger partial charge >= 0.3 is 0 Å². The molecule has 2 aromatic carbocycles.